The molecule has 1 aliphatic rings. The third-order valence-corrected chi connectivity index (χ3v) is 4.28. The molecule has 2 heterocycles. The van der Waals surface area contributed by atoms with Gasteiger partial charge >= 0.3 is 6.03 Å². The van der Waals surface area contributed by atoms with Crippen LogP contribution in [-0.2, 0) is 0 Å². The molecule has 9 heteroatoms. The molecule has 7 nitrogen and oxygen atoms in total. The van der Waals surface area contributed by atoms with E-state index in [0.29, 0.717) is 32.0 Å². The summed E-state index contributed by atoms with van der Waals surface area (Å²) in [6, 6.07) is 4.85. The average Bonchev–Trinajstić information content (AvgIpc) is 2.65. The van der Waals surface area contributed by atoms with Crippen LogP contribution in [0.5, 0.6) is 11.6 Å². The zero-order chi connectivity index (χ0) is 19.4. The van der Waals surface area contributed by atoms with Gasteiger partial charge in [0.25, 0.3) is 0 Å². The Labute approximate surface area is 156 Å². The number of amides is 2. The molecule has 0 saturated carbocycles. The first-order valence-corrected chi connectivity index (χ1v) is 8.72. The van der Waals surface area contributed by atoms with Crippen molar-refractivity contribution in [2.45, 2.75) is 19.9 Å². The quantitative estimate of drug-likeness (QED) is 0.887. The highest BCUT2D eigenvalue weighted by atomic mass is 19.2. The lowest BCUT2D eigenvalue weighted by Crippen LogP contribution is -2.56. The number of piperazine rings is 1. The van der Waals surface area contributed by atoms with Crippen molar-refractivity contribution in [3.05, 3.63) is 42.2 Å². The van der Waals surface area contributed by atoms with Gasteiger partial charge in [-0.15, -0.1) is 0 Å². The minimum atomic E-state index is -0.989. The molecule has 2 amide bonds. The van der Waals surface area contributed by atoms with Gasteiger partial charge in [-0.05, 0) is 26.0 Å². The maximum Gasteiger partial charge on any atom is 0.317 e. The van der Waals surface area contributed by atoms with Crippen LogP contribution >= 0.6 is 0 Å². The highest BCUT2D eigenvalue weighted by Crippen LogP contribution is 2.25. The Hall–Kier alpha value is -2.97. The van der Waals surface area contributed by atoms with E-state index < -0.39 is 11.6 Å². The third-order valence-electron chi connectivity index (χ3n) is 4.28. The number of carbonyl (C=O) groups excluding carboxylic acids is 1. The molecule has 3 rings (SSSR count). The van der Waals surface area contributed by atoms with E-state index in [9.17, 15) is 13.6 Å². The maximum absolute atomic E-state index is 13.3. The fraction of sp³-hybridized carbons (Fsp3) is 0.389. The second kappa shape index (κ2) is 8.15. The molecule has 1 aromatic carbocycles. The van der Waals surface area contributed by atoms with Gasteiger partial charge in [0.2, 0.25) is 5.88 Å². The van der Waals surface area contributed by atoms with E-state index in [1.54, 1.807) is 11.0 Å². The summed E-state index contributed by atoms with van der Waals surface area (Å²) in [4.78, 5) is 24.1. The molecule has 0 spiro atoms. The van der Waals surface area contributed by atoms with Crippen molar-refractivity contribution in [1.29, 1.82) is 0 Å². The monoisotopic (exact) mass is 377 g/mol. The lowest BCUT2D eigenvalue weighted by molar-refractivity contribution is 0.172. The first kappa shape index (κ1) is 18.8. The van der Waals surface area contributed by atoms with E-state index >= 15 is 0 Å². The molecule has 0 aliphatic carbocycles. The predicted molar refractivity (Wildman–Crippen MR) is 95.9 cm³/mol. The lowest BCUT2D eigenvalue weighted by atomic mass is 10.2. The predicted octanol–water partition coefficient (Wildman–Crippen LogP) is 2.79. The zero-order valence-corrected chi connectivity index (χ0v) is 15.2. The van der Waals surface area contributed by atoms with Gasteiger partial charge in [-0.1, -0.05) is 0 Å². The number of urea groups is 1. The number of benzene rings is 1. The number of aromatic nitrogens is 2. The zero-order valence-electron chi connectivity index (χ0n) is 15.2. The molecule has 144 valence electrons. The molecule has 1 saturated heterocycles. The molecule has 1 fully saturated rings. The Morgan fingerprint density at radius 1 is 1.26 bits per heavy atom. The van der Waals surface area contributed by atoms with Gasteiger partial charge in [-0.25, -0.2) is 23.5 Å². The highest BCUT2D eigenvalue weighted by Gasteiger charge is 2.28. The summed E-state index contributed by atoms with van der Waals surface area (Å²) in [5.74, 6) is -0.912. The van der Waals surface area contributed by atoms with E-state index in [1.165, 1.54) is 12.4 Å². The van der Waals surface area contributed by atoms with E-state index in [0.717, 1.165) is 12.1 Å². The molecule has 1 aromatic heterocycles. The second-order valence-corrected chi connectivity index (χ2v) is 6.22. The first-order valence-electron chi connectivity index (χ1n) is 8.72. The molecule has 0 bridgehead atoms. The number of ether oxygens (including phenoxy) is 1. The largest absolute Gasteiger partial charge is 0.439 e. The van der Waals surface area contributed by atoms with E-state index in [-0.39, 0.29) is 23.7 Å². The van der Waals surface area contributed by atoms with Gasteiger partial charge in [0, 0.05) is 44.4 Å². The number of hydrogen-bond acceptors (Lipinski definition) is 5. The Morgan fingerprint density at radius 3 is 2.78 bits per heavy atom. The van der Waals surface area contributed by atoms with E-state index in [2.05, 4.69) is 15.3 Å². The van der Waals surface area contributed by atoms with E-state index in [1.807, 2.05) is 18.7 Å². The summed E-state index contributed by atoms with van der Waals surface area (Å²) in [5, 5.41) is 2.81. The summed E-state index contributed by atoms with van der Waals surface area (Å²) in [6.45, 7) is 6.23. The van der Waals surface area contributed by atoms with Crippen LogP contribution in [0.15, 0.2) is 30.6 Å². The number of carbonyl (C=O) groups is 1. The molecule has 2 aromatic rings. The van der Waals surface area contributed by atoms with Crippen molar-refractivity contribution in [2.75, 3.05) is 31.1 Å². The molecule has 0 radical (unpaired) electrons. The van der Waals surface area contributed by atoms with Crippen molar-refractivity contribution in [1.82, 2.24) is 20.2 Å². The Kier molecular flexibility index (Phi) is 5.68. The molecule has 1 atom stereocenters. The van der Waals surface area contributed by atoms with Gasteiger partial charge < -0.3 is 19.9 Å². The molecule has 1 aliphatic heterocycles. The number of rotatable bonds is 4. The number of anilines is 1. The summed E-state index contributed by atoms with van der Waals surface area (Å²) in [5.41, 5.74) is 0. The minimum absolute atomic E-state index is 0.0100. The Morgan fingerprint density at radius 2 is 2.07 bits per heavy atom. The number of halogens is 2. The third kappa shape index (κ3) is 4.42. The highest BCUT2D eigenvalue weighted by molar-refractivity contribution is 5.74. The number of hydrogen-bond donors (Lipinski definition) is 1. The standard InChI is InChI=1S/C18H21F2N5O2/c1-3-21-18(26)25-7-6-24(10-12(25)2)16-9-17(23-11-22-16)27-13-4-5-14(19)15(20)8-13/h4-5,8-9,11-12H,3,6-7,10H2,1-2H3,(H,21,26)/t12-/m0/s1. The fourth-order valence-electron chi connectivity index (χ4n) is 2.94. The van der Waals surface area contributed by atoms with Crippen LogP contribution in [0.3, 0.4) is 0 Å². The average molecular weight is 377 g/mol. The van der Waals surface area contributed by atoms with Crippen LogP contribution < -0.4 is 15.0 Å². The molecular weight excluding hydrogens is 356 g/mol. The van der Waals surface area contributed by atoms with Crippen molar-refractivity contribution in [2.24, 2.45) is 0 Å². The van der Waals surface area contributed by atoms with E-state index in [4.69, 9.17) is 4.74 Å². The van der Waals surface area contributed by atoms with Crippen LogP contribution in [0.2, 0.25) is 0 Å². The van der Waals surface area contributed by atoms with Crippen LogP contribution in [0, 0.1) is 11.6 Å². The second-order valence-electron chi connectivity index (χ2n) is 6.22. The van der Waals surface area contributed by atoms with Gasteiger partial charge in [0.05, 0.1) is 0 Å². The Balaban J connectivity index is 1.69. The lowest BCUT2D eigenvalue weighted by Gasteiger charge is -2.40. The summed E-state index contributed by atoms with van der Waals surface area (Å²) in [7, 11) is 0. The number of nitrogens with one attached hydrogen (secondary N) is 1. The maximum atomic E-state index is 13.3. The Bertz CT molecular complexity index is 820. The van der Waals surface area contributed by atoms with Gasteiger partial charge in [-0.2, -0.15) is 0 Å². The minimum Gasteiger partial charge on any atom is -0.439 e. The first-order chi connectivity index (χ1) is 13.0. The molecular formula is C18H21F2N5O2. The summed E-state index contributed by atoms with van der Waals surface area (Å²) >= 11 is 0. The van der Waals surface area contributed by atoms with Crippen molar-refractivity contribution in [3.63, 3.8) is 0 Å². The van der Waals surface area contributed by atoms with Gasteiger partial charge in [-0.3, -0.25) is 0 Å². The fourth-order valence-corrected chi connectivity index (χ4v) is 2.94. The van der Waals surface area contributed by atoms with Crippen molar-refractivity contribution >= 4 is 11.8 Å². The molecule has 27 heavy (non-hydrogen) atoms. The molecule has 1 N–H and O–H groups in total. The summed E-state index contributed by atoms with van der Waals surface area (Å²) < 4.78 is 31.8. The summed E-state index contributed by atoms with van der Waals surface area (Å²) in [6.07, 6.45) is 1.35. The van der Waals surface area contributed by atoms with Gasteiger partial charge in [0.1, 0.15) is 17.9 Å². The normalized spacial score (nSPS) is 17.0. The van der Waals surface area contributed by atoms with Gasteiger partial charge in [0.15, 0.2) is 11.6 Å². The topological polar surface area (TPSA) is 70.6 Å². The van der Waals surface area contributed by atoms with Crippen molar-refractivity contribution in [3.8, 4) is 11.6 Å². The van der Waals surface area contributed by atoms with Crippen molar-refractivity contribution < 1.29 is 18.3 Å². The smallest absolute Gasteiger partial charge is 0.317 e. The van der Waals surface area contributed by atoms with Crippen LogP contribution in [0.1, 0.15) is 13.8 Å². The molecule has 0 unspecified atom stereocenters. The van der Waals surface area contributed by atoms with Crippen LogP contribution in [0.4, 0.5) is 19.4 Å². The van der Waals surface area contributed by atoms with Crippen LogP contribution in [-0.4, -0.2) is 53.1 Å². The SMILES string of the molecule is CCNC(=O)N1CCN(c2cc(Oc3ccc(F)c(F)c3)ncn2)C[C@@H]1C. The van der Waals surface area contributed by atoms with Crippen LogP contribution in [0.25, 0.3) is 0 Å². The number of nitrogens with zero attached hydrogens (tertiary/aromatic N) is 4.